The SMILES string of the molecule is COc1ccc2c(c1)CCN(C(=O)CN1C[C@H]3CC[C@@H]1C3)C2. The zero-order valence-electron chi connectivity index (χ0n) is 13.3. The number of piperidine rings is 1. The molecule has 2 fully saturated rings. The van der Waals surface area contributed by atoms with E-state index in [1.807, 2.05) is 11.0 Å². The van der Waals surface area contributed by atoms with Gasteiger partial charge in [0.15, 0.2) is 0 Å². The lowest BCUT2D eigenvalue weighted by Gasteiger charge is -2.32. The highest BCUT2D eigenvalue weighted by Gasteiger charge is 2.39. The van der Waals surface area contributed by atoms with Crippen LogP contribution in [0.5, 0.6) is 5.75 Å². The van der Waals surface area contributed by atoms with Gasteiger partial charge in [0.1, 0.15) is 5.75 Å². The van der Waals surface area contributed by atoms with Crippen LogP contribution in [0.1, 0.15) is 30.4 Å². The van der Waals surface area contributed by atoms with E-state index >= 15 is 0 Å². The van der Waals surface area contributed by atoms with E-state index in [4.69, 9.17) is 4.74 Å². The molecular formula is C18H24N2O2. The lowest BCUT2D eigenvalue weighted by Crippen LogP contribution is -2.44. The average molecular weight is 300 g/mol. The summed E-state index contributed by atoms with van der Waals surface area (Å²) in [6.07, 6.45) is 4.91. The van der Waals surface area contributed by atoms with Gasteiger partial charge in [-0.2, -0.15) is 0 Å². The molecule has 0 unspecified atom stereocenters. The number of hydrogen-bond acceptors (Lipinski definition) is 3. The largest absolute Gasteiger partial charge is 0.497 e. The maximum Gasteiger partial charge on any atom is 0.237 e. The highest BCUT2D eigenvalue weighted by atomic mass is 16.5. The molecule has 1 aliphatic carbocycles. The summed E-state index contributed by atoms with van der Waals surface area (Å²) in [5, 5.41) is 0. The molecule has 0 aromatic heterocycles. The topological polar surface area (TPSA) is 32.8 Å². The van der Waals surface area contributed by atoms with E-state index in [0.717, 1.165) is 37.7 Å². The van der Waals surface area contributed by atoms with Crippen molar-refractivity contribution in [3.63, 3.8) is 0 Å². The van der Waals surface area contributed by atoms with Crippen molar-refractivity contribution in [3.8, 4) is 5.75 Å². The van der Waals surface area contributed by atoms with Gasteiger partial charge in [0.25, 0.3) is 0 Å². The summed E-state index contributed by atoms with van der Waals surface area (Å²) >= 11 is 0. The van der Waals surface area contributed by atoms with E-state index in [2.05, 4.69) is 17.0 Å². The first-order chi connectivity index (χ1) is 10.7. The van der Waals surface area contributed by atoms with Crippen molar-refractivity contribution in [2.75, 3.05) is 26.7 Å². The van der Waals surface area contributed by atoms with E-state index in [1.165, 1.54) is 30.4 Å². The van der Waals surface area contributed by atoms with E-state index in [1.54, 1.807) is 7.11 Å². The minimum absolute atomic E-state index is 0.300. The van der Waals surface area contributed by atoms with Crippen LogP contribution in [-0.2, 0) is 17.8 Å². The molecule has 1 saturated carbocycles. The number of rotatable bonds is 3. The van der Waals surface area contributed by atoms with E-state index in [0.29, 0.717) is 18.5 Å². The van der Waals surface area contributed by atoms with E-state index in [9.17, 15) is 4.79 Å². The van der Waals surface area contributed by atoms with Gasteiger partial charge < -0.3 is 9.64 Å². The molecule has 4 heteroatoms. The smallest absolute Gasteiger partial charge is 0.237 e. The molecule has 1 aromatic rings. The first-order valence-electron chi connectivity index (χ1n) is 8.40. The average Bonchev–Trinajstić information content (AvgIpc) is 3.16. The fraction of sp³-hybridized carbons (Fsp3) is 0.611. The Morgan fingerprint density at radius 3 is 2.95 bits per heavy atom. The molecule has 0 radical (unpaired) electrons. The Morgan fingerprint density at radius 2 is 2.23 bits per heavy atom. The highest BCUT2D eigenvalue weighted by Crippen LogP contribution is 2.37. The second kappa shape index (κ2) is 5.58. The maximum absolute atomic E-state index is 12.6. The Morgan fingerprint density at radius 1 is 1.32 bits per heavy atom. The molecule has 2 heterocycles. The quantitative estimate of drug-likeness (QED) is 0.856. The van der Waals surface area contributed by atoms with Gasteiger partial charge in [0.2, 0.25) is 5.91 Å². The van der Waals surface area contributed by atoms with Crippen molar-refractivity contribution in [1.29, 1.82) is 0 Å². The van der Waals surface area contributed by atoms with Crippen molar-refractivity contribution >= 4 is 5.91 Å². The van der Waals surface area contributed by atoms with Gasteiger partial charge in [0.05, 0.1) is 13.7 Å². The molecule has 2 atom stereocenters. The monoisotopic (exact) mass is 300 g/mol. The van der Waals surface area contributed by atoms with E-state index in [-0.39, 0.29) is 0 Å². The zero-order chi connectivity index (χ0) is 15.1. The molecule has 2 aliphatic heterocycles. The van der Waals surface area contributed by atoms with Crippen LogP contribution in [0.4, 0.5) is 0 Å². The highest BCUT2D eigenvalue weighted by molar-refractivity contribution is 5.78. The molecule has 0 N–H and O–H groups in total. The minimum Gasteiger partial charge on any atom is -0.497 e. The van der Waals surface area contributed by atoms with Gasteiger partial charge >= 0.3 is 0 Å². The summed E-state index contributed by atoms with van der Waals surface area (Å²) in [7, 11) is 1.70. The second-order valence-corrected chi connectivity index (χ2v) is 6.96. The van der Waals surface area contributed by atoms with Crippen LogP contribution in [0.2, 0.25) is 0 Å². The molecule has 118 valence electrons. The molecule has 3 aliphatic rings. The predicted octanol–water partition coefficient (Wildman–Crippen LogP) is 2.06. The van der Waals surface area contributed by atoms with Crippen molar-refractivity contribution in [3.05, 3.63) is 29.3 Å². The van der Waals surface area contributed by atoms with Crippen LogP contribution in [0.25, 0.3) is 0 Å². The normalized spacial score (nSPS) is 27.0. The number of carbonyl (C=O) groups excluding carboxylic acids is 1. The summed E-state index contributed by atoms with van der Waals surface area (Å²) in [5.74, 6) is 2.06. The number of fused-ring (bicyclic) bond motifs is 3. The first kappa shape index (κ1) is 14.1. The Labute approximate surface area is 132 Å². The van der Waals surface area contributed by atoms with Gasteiger partial charge in [-0.15, -0.1) is 0 Å². The van der Waals surface area contributed by atoms with Gasteiger partial charge in [0, 0.05) is 25.7 Å². The molecule has 1 amide bonds. The molecule has 22 heavy (non-hydrogen) atoms. The van der Waals surface area contributed by atoms with Crippen LogP contribution < -0.4 is 4.74 Å². The molecule has 4 nitrogen and oxygen atoms in total. The van der Waals surface area contributed by atoms with Gasteiger partial charge in [-0.1, -0.05) is 6.07 Å². The van der Waals surface area contributed by atoms with Crippen LogP contribution in [-0.4, -0.2) is 48.5 Å². The van der Waals surface area contributed by atoms with Crippen LogP contribution in [0.15, 0.2) is 18.2 Å². The predicted molar refractivity (Wildman–Crippen MR) is 84.8 cm³/mol. The Balaban J connectivity index is 1.40. The van der Waals surface area contributed by atoms with E-state index < -0.39 is 0 Å². The second-order valence-electron chi connectivity index (χ2n) is 6.96. The first-order valence-corrected chi connectivity index (χ1v) is 8.40. The Hall–Kier alpha value is -1.55. The maximum atomic E-state index is 12.6. The fourth-order valence-corrected chi connectivity index (χ4v) is 4.36. The third-order valence-corrected chi connectivity index (χ3v) is 5.64. The fourth-order valence-electron chi connectivity index (χ4n) is 4.36. The number of hydrogen-bond donors (Lipinski definition) is 0. The summed E-state index contributed by atoms with van der Waals surface area (Å²) in [6, 6.07) is 6.88. The number of carbonyl (C=O) groups is 1. The summed E-state index contributed by atoms with van der Waals surface area (Å²) in [5.41, 5.74) is 2.59. The third kappa shape index (κ3) is 2.50. The van der Waals surface area contributed by atoms with Crippen molar-refractivity contribution < 1.29 is 9.53 Å². The number of amides is 1. The number of likely N-dealkylation sites (tertiary alicyclic amines) is 1. The third-order valence-electron chi connectivity index (χ3n) is 5.64. The summed E-state index contributed by atoms with van der Waals surface area (Å²) < 4.78 is 5.28. The molecule has 0 spiro atoms. The Bertz CT molecular complexity index is 586. The van der Waals surface area contributed by atoms with Crippen LogP contribution in [0, 0.1) is 5.92 Å². The lowest BCUT2D eigenvalue weighted by atomic mass is 9.99. The summed E-state index contributed by atoms with van der Waals surface area (Å²) in [4.78, 5) is 17.1. The standard InChI is InChI=1S/C18H24N2O2/c1-22-17-5-3-15-11-19(7-6-14(15)9-17)18(21)12-20-10-13-2-4-16(20)8-13/h3,5,9,13,16H,2,4,6-8,10-12H2,1H3/t13-,16+/m0/s1. The number of methoxy groups -OCH3 is 1. The van der Waals surface area contributed by atoms with Gasteiger partial charge in [-0.25, -0.2) is 0 Å². The number of ether oxygens (including phenoxy) is 1. The number of benzene rings is 1. The van der Waals surface area contributed by atoms with Gasteiger partial charge in [-0.3, -0.25) is 9.69 Å². The van der Waals surface area contributed by atoms with Crippen LogP contribution >= 0.6 is 0 Å². The molecule has 1 aromatic carbocycles. The molecular weight excluding hydrogens is 276 g/mol. The zero-order valence-corrected chi connectivity index (χ0v) is 13.3. The molecule has 1 saturated heterocycles. The molecule has 2 bridgehead atoms. The number of nitrogens with zero attached hydrogens (tertiary/aromatic N) is 2. The van der Waals surface area contributed by atoms with Crippen molar-refractivity contribution in [2.45, 2.75) is 38.3 Å². The van der Waals surface area contributed by atoms with Crippen LogP contribution in [0.3, 0.4) is 0 Å². The van der Waals surface area contributed by atoms with Crippen molar-refractivity contribution in [1.82, 2.24) is 9.80 Å². The minimum atomic E-state index is 0.300. The van der Waals surface area contributed by atoms with Gasteiger partial charge in [-0.05, 0) is 54.9 Å². The Kier molecular flexibility index (Phi) is 3.57. The summed E-state index contributed by atoms with van der Waals surface area (Å²) in [6.45, 7) is 3.34. The lowest BCUT2D eigenvalue weighted by molar-refractivity contribution is -0.133. The molecule has 4 rings (SSSR count). The van der Waals surface area contributed by atoms with Crippen molar-refractivity contribution in [2.24, 2.45) is 5.92 Å².